The van der Waals surface area contributed by atoms with Crippen LogP contribution in [-0.2, 0) is 11.3 Å². The lowest BCUT2D eigenvalue weighted by Crippen LogP contribution is -2.37. The van der Waals surface area contributed by atoms with Crippen LogP contribution in [-0.4, -0.2) is 24.0 Å². The number of halogens is 1. The Hall–Kier alpha value is -2.51. The van der Waals surface area contributed by atoms with Gasteiger partial charge in [-0.05, 0) is 30.7 Å². The molecule has 118 valence electrons. The second-order valence-electron chi connectivity index (χ2n) is 5.20. The number of amides is 1. The van der Waals surface area contributed by atoms with E-state index in [-0.39, 0.29) is 5.91 Å². The van der Waals surface area contributed by atoms with Gasteiger partial charge in [-0.25, -0.2) is 0 Å². The molecule has 0 saturated heterocycles. The summed E-state index contributed by atoms with van der Waals surface area (Å²) >= 11 is 6.07. The van der Waals surface area contributed by atoms with Crippen molar-refractivity contribution in [1.82, 2.24) is 4.90 Å². The first-order valence-corrected chi connectivity index (χ1v) is 7.54. The van der Waals surface area contributed by atoms with Crippen LogP contribution in [0.4, 0.5) is 0 Å². The monoisotopic (exact) mass is 328 g/mol. The summed E-state index contributed by atoms with van der Waals surface area (Å²) in [6, 6.07) is 16.5. The molecule has 0 radical (unpaired) electrons. The molecule has 1 amide bonds. The van der Waals surface area contributed by atoms with Crippen LogP contribution in [0.2, 0.25) is 5.02 Å². The van der Waals surface area contributed by atoms with Crippen molar-refractivity contribution >= 4 is 17.5 Å². The third-order valence-corrected chi connectivity index (χ3v) is 3.65. The van der Waals surface area contributed by atoms with E-state index in [1.807, 2.05) is 36.4 Å². The Morgan fingerprint density at radius 1 is 1.30 bits per heavy atom. The summed E-state index contributed by atoms with van der Waals surface area (Å²) in [5, 5.41) is 9.14. The predicted octanol–water partition coefficient (Wildman–Crippen LogP) is 3.64. The largest absolute Gasteiger partial charge is 0.479 e. The SMILES string of the molecule is C[C@@H](Oc1ccc(C#N)cc1Cl)C(=O)N(C)Cc1ccccc1. The van der Waals surface area contributed by atoms with Crippen LogP contribution in [0, 0.1) is 11.3 Å². The molecule has 2 aromatic carbocycles. The molecule has 1 atom stereocenters. The van der Waals surface area contributed by atoms with Gasteiger partial charge in [-0.2, -0.15) is 5.26 Å². The number of hydrogen-bond donors (Lipinski definition) is 0. The minimum Gasteiger partial charge on any atom is -0.479 e. The number of rotatable bonds is 5. The van der Waals surface area contributed by atoms with Gasteiger partial charge in [0.1, 0.15) is 5.75 Å². The first kappa shape index (κ1) is 16.9. The maximum absolute atomic E-state index is 12.4. The third kappa shape index (κ3) is 4.48. The van der Waals surface area contributed by atoms with E-state index < -0.39 is 6.10 Å². The molecule has 0 aliphatic carbocycles. The molecule has 0 N–H and O–H groups in total. The molecule has 0 aromatic heterocycles. The smallest absolute Gasteiger partial charge is 0.263 e. The summed E-state index contributed by atoms with van der Waals surface area (Å²) in [6.07, 6.45) is -0.672. The normalized spacial score (nSPS) is 11.4. The molecule has 23 heavy (non-hydrogen) atoms. The average Bonchev–Trinajstić information content (AvgIpc) is 2.56. The van der Waals surface area contributed by atoms with Crippen LogP contribution in [0.1, 0.15) is 18.1 Å². The van der Waals surface area contributed by atoms with Gasteiger partial charge in [0.2, 0.25) is 0 Å². The molecular weight excluding hydrogens is 312 g/mol. The van der Waals surface area contributed by atoms with Gasteiger partial charge in [0.05, 0.1) is 16.7 Å². The van der Waals surface area contributed by atoms with Gasteiger partial charge in [-0.15, -0.1) is 0 Å². The van der Waals surface area contributed by atoms with Crippen LogP contribution in [0.3, 0.4) is 0 Å². The van der Waals surface area contributed by atoms with Gasteiger partial charge < -0.3 is 9.64 Å². The first-order valence-electron chi connectivity index (χ1n) is 7.16. The van der Waals surface area contributed by atoms with Crippen molar-refractivity contribution in [2.45, 2.75) is 19.6 Å². The van der Waals surface area contributed by atoms with Crippen LogP contribution < -0.4 is 4.74 Å². The molecule has 0 unspecified atom stereocenters. The Labute approximate surface area is 140 Å². The molecule has 0 aliphatic heterocycles. The van der Waals surface area contributed by atoms with Crippen molar-refractivity contribution in [2.75, 3.05) is 7.05 Å². The molecule has 2 rings (SSSR count). The summed E-state index contributed by atoms with van der Waals surface area (Å²) in [4.78, 5) is 14.0. The van der Waals surface area contributed by atoms with Crippen molar-refractivity contribution < 1.29 is 9.53 Å². The quantitative estimate of drug-likeness (QED) is 0.842. The van der Waals surface area contributed by atoms with Gasteiger partial charge in [0.25, 0.3) is 5.91 Å². The Kier molecular flexibility index (Phi) is 5.61. The van der Waals surface area contributed by atoms with E-state index in [0.29, 0.717) is 22.9 Å². The van der Waals surface area contributed by atoms with Gasteiger partial charge in [0, 0.05) is 13.6 Å². The van der Waals surface area contributed by atoms with Crippen molar-refractivity contribution in [1.29, 1.82) is 5.26 Å². The van der Waals surface area contributed by atoms with Crippen molar-refractivity contribution in [3.05, 3.63) is 64.7 Å². The molecule has 0 fully saturated rings. The molecule has 0 saturated carbocycles. The topological polar surface area (TPSA) is 53.3 Å². The van der Waals surface area contributed by atoms with E-state index in [1.54, 1.807) is 31.0 Å². The Bertz CT molecular complexity index is 726. The zero-order valence-electron chi connectivity index (χ0n) is 13.0. The zero-order chi connectivity index (χ0) is 16.8. The fraction of sp³-hybridized carbons (Fsp3) is 0.222. The van der Waals surface area contributed by atoms with Crippen LogP contribution in [0.25, 0.3) is 0 Å². The third-order valence-electron chi connectivity index (χ3n) is 3.35. The van der Waals surface area contributed by atoms with E-state index in [0.717, 1.165) is 5.56 Å². The second-order valence-corrected chi connectivity index (χ2v) is 5.60. The highest BCUT2D eigenvalue weighted by atomic mass is 35.5. The molecule has 0 bridgehead atoms. The van der Waals surface area contributed by atoms with Crippen LogP contribution in [0.5, 0.6) is 5.75 Å². The Balaban J connectivity index is 2.01. The zero-order valence-corrected chi connectivity index (χ0v) is 13.7. The number of likely N-dealkylation sites (N-methyl/N-ethyl adjacent to an activating group) is 1. The summed E-state index contributed by atoms with van der Waals surface area (Å²) in [7, 11) is 1.73. The van der Waals surface area contributed by atoms with Crippen LogP contribution in [0.15, 0.2) is 48.5 Å². The second kappa shape index (κ2) is 7.66. The van der Waals surface area contributed by atoms with E-state index in [4.69, 9.17) is 21.6 Å². The van der Waals surface area contributed by atoms with Crippen molar-refractivity contribution in [2.24, 2.45) is 0 Å². The minimum atomic E-state index is -0.672. The molecule has 0 spiro atoms. The van der Waals surface area contributed by atoms with Crippen LogP contribution >= 0.6 is 11.6 Å². The molecule has 0 heterocycles. The molecule has 0 aliphatic rings. The standard InChI is InChI=1S/C18H17ClN2O2/c1-13(23-17-9-8-15(11-20)10-16(17)19)18(22)21(2)12-14-6-4-3-5-7-14/h3-10,13H,12H2,1-2H3/t13-/m1/s1. The number of carbonyl (C=O) groups is 1. The summed E-state index contributed by atoms with van der Waals surface area (Å²) in [5.41, 5.74) is 1.49. The van der Waals surface area contributed by atoms with Gasteiger partial charge in [-0.1, -0.05) is 41.9 Å². The highest BCUT2D eigenvalue weighted by Gasteiger charge is 2.20. The van der Waals surface area contributed by atoms with E-state index in [1.165, 1.54) is 6.07 Å². The number of nitrogens with zero attached hydrogens (tertiary/aromatic N) is 2. The Morgan fingerprint density at radius 2 is 2.00 bits per heavy atom. The lowest BCUT2D eigenvalue weighted by molar-refractivity contribution is -0.137. The maximum atomic E-state index is 12.4. The summed E-state index contributed by atoms with van der Waals surface area (Å²) in [6.45, 7) is 2.19. The molecule has 4 nitrogen and oxygen atoms in total. The first-order chi connectivity index (χ1) is 11.0. The predicted molar refractivity (Wildman–Crippen MR) is 89.2 cm³/mol. The average molecular weight is 329 g/mol. The van der Waals surface area contributed by atoms with E-state index in [9.17, 15) is 4.79 Å². The fourth-order valence-electron chi connectivity index (χ4n) is 2.15. The number of hydrogen-bond acceptors (Lipinski definition) is 3. The highest BCUT2D eigenvalue weighted by Crippen LogP contribution is 2.26. The number of nitriles is 1. The van der Waals surface area contributed by atoms with E-state index in [2.05, 4.69) is 0 Å². The highest BCUT2D eigenvalue weighted by molar-refractivity contribution is 6.32. The molecular formula is C18H17ClN2O2. The number of carbonyl (C=O) groups excluding carboxylic acids is 1. The molecule has 2 aromatic rings. The minimum absolute atomic E-state index is 0.144. The fourth-order valence-corrected chi connectivity index (χ4v) is 2.38. The number of benzene rings is 2. The van der Waals surface area contributed by atoms with Crippen molar-refractivity contribution in [3.8, 4) is 11.8 Å². The summed E-state index contributed by atoms with van der Waals surface area (Å²) < 4.78 is 5.63. The number of ether oxygens (including phenoxy) is 1. The molecule has 5 heteroatoms. The maximum Gasteiger partial charge on any atom is 0.263 e. The van der Waals surface area contributed by atoms with Gasteiger partial charge >= 0.3 is 0 Å². The van der Waals surface area contributed by atoms with Gasteiger partial charge in [-0.3, -0.25) is 4.79 Å². The van der Waals surface area contributed by atoms with Crippen molar-refractivity contribution in [3.63, 3.8) is 0 Å². The lowest BCUT2D eigenvalue weighted by atomic mass is 10.2. The summed E-state index contributed by atoms with van der Waals surface area (Å²) in [5.74, 6) is 0.244. The van der Waals surface area contributed by atoms with E-state index >= 15 is 0 Å². The lowest BCUT2D eigenvalue weighted by Gasteiger charge is -2.22. The Morgan fingerprint density at radius 3 is 2.61 bits per heavy atom. The van der Waals surface area contributed by atoms with Gasteiger partial charge in [0.15, 0.2) is 6.10 Å².